The average Bonchev–Trinajstić information content (AvgIpc) is 2.46. The maximum atomic E-state index is 11.7. The van der Waals surface area contributed by atoms with E-state index in [-0.39, 0.29) is 11.9 Å². The summed E-state index contributed by atoms with van der Waals surface area (Å²) in [5, 5.41) is 5.37. The predicted octanol–water partition coefficient (Wildman–Crippen LogP) is 3.69. The highest BCUT2D eigenvalue weighted by molar-refractivity contribution is 7.99. The summed E-state index contributed by atoms with van der Waals surface area (Å²) >= 11 is 13.6. The normalized spacial score (nSPS) is 20.8. The number of nitrogens with one attached hydrogen (secondary N) is 1. The molecule has 0 saturated carbocycles. The van der Waals surface area contributed by atoms with Crippen LogP contribution < -0.4 is 5.43 Å². The fourth-order valence-electron chi connectivity index (χ4n) is 1.84. The summed E-state index contributed by atoms with van der Waals surface area (Å²) in [5.41, 5.74) is 4.35. The number of rotatable bonds is 3. The largest absolute Gasteiger partial charge is 0.468 e. The molecule has 0 aliphatic carbocycles. The van der Waals surface area contributed by atoms with E-state index in [9.17, 15) is 4.79 Å². The number of carbonyl (C=O) groups excluding carboxylic acids is 1. The van der Waals surface area contributed by atoms with Gasteiger partial charge in [-0.2, -0.15) is 16.9 Å². The number of nitrogens with zero attached hydrogens (tertiary/aromatic N) is 1. The van der Waals surface area contributed by atoms with Gasteiger partial charge < -0.3 is 4.74 Å². The van der Waals surface area contributed by atoms with Crippen LogP contribution in [0.1, 0.15) is 6.42 Å². The molecule has 0 bridgehead atoms. The predicted molar refractivity (Wildman–Crippen MR) is 85.0 cm³/mol. The second kappa shape index (κ2) is 7.20. The Balaban J connectivity index is 2.13. The van der Waals surface area contributed by atoms with E-state index in [0.29, 0.717) is 21.5 Å². The molecule has 20 heavy (non-hydrogen) atoms. The summed E-state index contributed by atoms with van der Waals surface area (Å²) in [6, 6.07) is 5.12. The van der Waals surface area contributed by atoms with Crippen LogP contribution in [0.15, 0.2) is 23.3 Å². The molecule has 1 unspecified atom stereocenters. The average molecular weight is 333 g/mol. The molecule has 1 aliphatic heterocycles. The minimum atomic E-state index is -0.294. The molecule has 1 aliphatic rings. The lowest BCUT2D eigenvalue weighted by molar-refractivity contribution is -0.142. The smallest absolute Gasteiger partial charge is 0.315 e. The van der Waals surface area contributed by atoms with Gasteiger partial charge in [0.2, 0.25) is 0 Å². The maximum Gasteiger partial charge on any atom is 0.315 e. The number of benzene rings is 1. The molecule has 0 spiro atoms. The van der Waals surface area contributed by atoms with E-state index in [1.165, 1.54) is 7.11 Å². The molecule has 1 heterocycles. The second-order valence-corrected chi connectivity index (χ2v) is 6.23. The third-order valence-corrected chi connectivity index (χ3v) is 4.54. The summed E-state index contributed by atoms with van der Waals surface area (Å²) in [6.07, 6.45) is 0.753. The van der Waals surface area contributed by atoms with Crippen molar-refractivity contribution in [2.75, 3.05) is 24.0 Å². The third kappa shape index (κ3) is 3.81. The molecule has 1 atom stereocenters. The van der Waals surface area contributed by atoms with Gasteiger partial charge in [-0.15, -0.1) is 0 Å². The number of anilines is 1. The number of hydrogen-bond acceptors (Lipinski definition) is 5. The van der Waals surface area contributed by atoms with Crippen molar-refractivity contribution in [3.63, 3.8) is 0 Å². The number of thioether (sulfide) groups is 1. The molecule has 4 nitrogen and oxygen atoms in total. The van der Waals surface area contributed by atoms with Gasteiger partial charge in [-0.25, -0.2) is 0 Å². The zero-order valence-electron chi connectivity index (χ0n) is 10.9. The van der Waals surface area contributed by atoms with E-state index in [1.807, 2.05) is 0 Å². The molecule has 108 valence electrons. The fourth-order valence-corrected chi connectivity index (χ4v) is 3.38. The van der Waals surface area contributed by atoms with Crippen LogP contribution >= 0.6 is 35.0 Å². The molecule has 0 amide bonds. The number of hydrogen-bond donors (Lipinski definition) is 1. The van der Waals surface area contributed by atoms with Crippen molar-refractivity contribution in [3.05, 3.63) is 28.2 Å². The summed E-state index contributed by atoms with van der Waals surface area (Å²) in [4.78, 5) is 11.7. The second-order valence-electron chi connectivity index (χ2n) is 4.24. The molecular weight excluding hydrogens is 319 g/mol. The van der Waals surface area contributed by atoms with Gasteiger partial charge in [0, 0.05) is 10.8 Å². The van der Waals surface area contributed by atoms with Crippen molar-refractivity contribution in [2.24, 2.45) is 11.0 Å². The highest BCUT2D eigenvalue weighted by Crippen LogP contribution is 2.26. The standard InChI is InChI=1S/C13H14Cl2N2O2S/c1-19-13(18)9-7-20-5-4-11(9)16-17-12-3-2-8(14)6-10(12)15/h2-3,6,9,17H,4-5,7H2,1H3. The Kier molecular flexibility index (Phi) is 5.57. The van der Waals surface area contributed by atoms with Crippen LogP contribution in [-0.4, -0.2) is 30.3 Å². The topological polar surface area (TPSA) is 50.7 Å². The minimum Gasteiger partial charge on any atom is -0.468 e. The summed E-state index contributed by atoms with van der Waals surface area (Å²) in [5.74, 6) is 1.10. The van der Waals surface area contributed by atoms with Gasteiger partial charge in [-0.1, -0.05) is 23.2 Å². The lowest BCUT2D eigenvalue weighted by Crippen LogP contribution is -2.31. The van der Waals surface area contributed by atoms with Crippen LogP contribution in [0.3, 0.4) is 0 Å². The van der Waals surface area contributed by atoms with Crippen molar-refractivity contribution < 1.29 is 9.53 Å². The van der Waals surface area contributed by atoms with Crippen LogP contribution in [0.2, 0.25) is 10.0 Å². The molecule has 1 aromatic rings. The van der Waals surface area contributed by atoms with E-state index in [1.54, 1.807) is 30.0 Å². The van der Waals surface area contributed by atoms with Crippen molar-refractivity contribution in [3.8, 4) is 0 Å². The van der Waals surface area contributed by atoms with E-state index < -0.39 is 0 Å². The van der Waals surface area contributed by atoms with Crippen LogP contribution in [0.4, 0.5) is 5.69 Å². The fraction of sp³-hybridized carbons (Fsp3) is 0.385. The number of ether oxygens (including phenoxy) is 1. The van der Waals surface area contributed by atoms with Crippen LogP contribution in [0.5, 0.6) is 0 Å². The summed E-state index contributed by atoms with van der Waals surface area (Å²) in [6.45, 7) is 0. The van der Waals surface area contributed by atoms with Crippen molar-refractivity contribution in [1.29, 1.82) is 0 Å². The first-order chi connectivity index (χ1) is 9.61. The molecular formula is C13H14Cl2N2O2S. The Morgan fingerprint density at radius 2 is 2.30 bits per heavy atom. The first-order valence-electron chi connectivity index (χ1n) is 6.05. The Labute approximate surface area is 131 Å². The molecule has 0 aromatic heterocycles. The Morgan fingerprint density at radius 3 is 3.00 bits per heavy atom. The monoisotopic (exact) mass is 332 g/mol. The maximum absolute atomic E-state index is 11.7. The third-order valence-electron chi connectivity index (χ3n) is 2.93. The minimum absolute atomic E-state index is 0.250. The first-order valence-corrected chi connectivity index (χ1v) is 7.96. The molecule has 0 radical (unpaired) electrons. The highest BCUT2D eigenvalue weighted by atomic mass is 35.5. The molecule has 1 fully saturated rings. The number of hydrazone groups is 1. The Morgan fingerprint density at radius 1 is 1.50 bits per heavy atom. The number of carbonyl (C=O) groups is 1. The quantitative estimate of drug-likeness (QED) is 0.677. The first kappa shape index (κ1) is 15.5. The number of methoxy groups -OCH3 is 1. The van der Waals surface area contributed by atoms with Crippen molar-refractivity contribution in [2.45, 2.75) is 6.42 Å². The number of esters is 1. The highest BCUT2D eigenvalue weighted by Gasteiger charge is 2.28. The van der Waals surface area contributed by atoms with E-state index in [0.717, 1.165) is 17.9 Å². The van der Waals surface area contributed by atoms with Crippen molar-refractivity contribution >= 4 is 52.3 Å². The zero-order valence-corrected chi connectivity index (χ0v) is 13.2. The van der Waals surface area contributed by atoms with Gasteiger partial charge in [0.15, 0.2) is 0 Å². The van der Waals surface area contributed by atoms with Gasteiger partial charge in [0.05, 0.1) is 23.5 Å². The summed E-state index contributed by atoms with van der Waals surface area (Å²) < 4.78 is 4.81. The van der Waals surface area contributed by atoms with Crippen LogP contribution in [0, 0.1) is 5.92 Å². The Bertz CT molecular complexity index is 537. The zero-order chi connectivity index (χ0) is 14.5. The lowest BCUT2D eigenvalue weighted by atomic mass is 10.0. The summed E-state index contributed by atoms with van der Waals surface area (Å²) in [7, 11) is 1.39. The SMILES string of the molecule is COC(=O)C1CSCCC1=NNc1ccc(Cl)cc1Cl. The van der Waals surface area contributed by atoms with Crippen LogP contribution in [-0.2, 0) is 9.53 Å². The van der Waals surface area contributed by atoms with Gasteiger partial charge in [0.1, 0.15) is 5.92 Å². The van der Waals surface area contributed by atoms with Gasteiger partial charge in [-0.3, -0.25) is 10.2 Å². The molecule has 1 N–H and O–H groups in total. The molecule has 1 aromatic carbocycles. The van der Waals surface area contributed by atoms with E-state index >= 15 is 0 Å². The molecule has 1 saturated heterocycles. The molecule has 7 heteroatoms. The van der Waals surface area contributed by atoms with Crippen LogP contribution in [0.25, 0.3) is 0 Å². The Hall–Kier alpha value is -0.910. The molecule has 2 rings (SSSR count). The van der Waals surface area contributed by atoms with E-state index in [4.69, 9.17) is 27.9 Å². The van der Waals surface area contributed by atoms with E-state index in [2.05, 4.69) is 10.5 Å². The lowest BCUT2D eigenvalue weighted by Gasteiger charge is -2.21. The van der Waals surface area contributed by atoms with Crippen molar-refractivity contribution in [1.82, 2.24) is 0 Å². The van der Waals surface area contributed by atoms with Gasteiger partial charge >= 0.3 is 5.97 Å². The number of halogens is 2. The van der Waals surface area contributed by atoms with Gasteiger partial charge in [0.25, 0.3) is 0 Å². The van der Waals surface area contributed by atoms with Gasteiger partial charge in [-0.05, 0) is 30.4 Å².